The van der Waals surface area contributed by atoms with Gasteiger partial charge in [-0.2, -0.15) is 0 Å². The first-order valence-corrected chi connectivity index (χ1v) is 6.72. The van der Waals surface area contributed by atoms with E-state index in [9.17, 15) is 14.4 Å². The van der Waals surface area contributed by atoms with Gasteiger partial charge in [0.1, 0.15) is 12.1 Å². The van der Waals surface area contributed by atoms with Gasteiger partial charge in [-0.15, -0.1) is 0 Å². The number of urea groups is 1. The zero-order chi connectivity index (χ0) is 16.8. The first-order valence-electron chi connectivity index (χ1n) is 6.72. The van der Waals surface area contributed by atoms with Crippen molar-refractivity contribution in [2.24, 2.45) is 17.2 Å². The number of carboxylic acids is 2. The lowest BCUT2D eigenvalue weighted by Crippen LogP contribution is -2.33. The SMILES string of the molecule is CCCCC(N)C(=O)O.NC(=O)NCCCC(N)C(=O)O. The molecule has 0 aromatic rings. The van der Waals surface area contributed by atoms with Crippen LogP contribution in [0.3, 0.4) is 0 Å². The molecular weight excluding hydrogens is 280 g/mol. The van der Waals surface area contributed by atoms with E-state index in [0.717, 1.165) is 12.8 Å². The van der Waals surface area contributed by atoms with E-state index in [0.29, 0.717) is 25.8 Å². The van der Waals surface area contributed by atoms with Crippen molar-refractivity contribution < 1.29 is 24.6 Å². The van der Waals surface area contributed by atoms with Crippen molar-refractivity contribution in [3.8, 4) is 0 Å². The average Bonchev–Trinajstić information content (AvgIpc) is 2.40. The molecule has 2 atom stereocenters. The van der Waals surface area contributed by atoms with Crippen LogP contribution in [-0.2, 0) is 9.59 Å². The standard InChI is InChI=1S/C6H13N3O3.C6H13NO2/c7-4(5(10)11)2-1-3-9-6(8)12;1-2-3-4-5(7)6(8)9/h4H,1-3,7H2,(H,10,11)(H3,8,9,12);5H,2-4,7H2,1H3,(H,8,9). The van der Waals surface area contributed by atoms with Crippen molar-refractivity contribution in [2.45, 2.75) is 51.1 Å². The molecule has 0 aliphatic rings. The van der Waals surface area contributed by atoms with Crippen molar-refractivity contribution in [3.05, 3.63) is 0 Å². The Balaban J connectivity index is 0. The molecule has 124 valence electrons. The normalized spacial score (nSPS) is 12.5. The lowest BCUT2D eigenvalue weighted by atomic mass is 10.1. The summed E-state index contributed by atoms with van der Waals surface area (Å²) in [5.74, 6) is -1.93. The first-order chi connectivity index (χ1) is 9.72. The van der Waals surface area contributed by atoms with E-state index in [4.69, 9.17) is 27.4 Å². The van der Waals surface area contributed by atoms with Crippen LogP contribution in [0.4, 0.5) is 4.79 Å². The highest BCUT2D eigenvalue weighted by molar-refractivity contribution is 5.73. The summed E-state index contributed by atoms with van der Waals surface area (Å²) >= 11 is 0. The lowest BCUT2D eigenvalue weighted by Gasteiger charge is -2.05. The van der Waals surface area contributed by atoms with Crippen LogP contribution in [0, 0.1) is 0 Å². The van der Waals surface area contributed by atoms with Gasteiger partial charge < -0.3 is 32.7 Å². The van der Waals surface area contributed by atoms with Gasteiger partial charge in [-0.3, -0.25) is 9.59 Å². The minimum Gasteiger partial charge on any atom is -0.480 e. The zero-order valence-electron chi connectivity index (χ0n) is 12.2. The fourth-order valence-corrected chi connectivity index (χ4v) is 1.20. The van der Waals surface area contributed by atoms with E-state index >= 15 is 0 Å². The summed E-state index contributed by atoms with van der Waals surface area (Å²) in [6.07, 6.45) is 3.33. The number of carbonyl (C=O) groups is 3. The Morgan fingerprint density at radius 2 is 1.43 bits per heavy atom. The maximum absolute atomic E-state index is 10.2. The molecule has 0 aliphatic carbocycles. The number of amides is 2. The Hall–Kier alpha value is -1.87. The van der Waals surface area contributed by atoms with Crippen LogP contribution in [0.25, 0.3) is 0 Å². The van der Waals surface area contributed by atoms with Gasteiger partial charge in [0.25, 0.3) is 0 Å². The van der Waals surface area contributed by atoms with Crippen LogP contribution < -0.4 is 22.5 Å². The van der Waals surface area contributed by atoms with Crippen molar-refractivity contribution in [1.82, 2.24) is 5.32 Å². The number of rotatable bonds is 9. The van der Waals surface area contributed by atoms with Crippen LogP contribution in [0.1, 0.15) is 39.0 Å². The van der Waals surface area contributed by atoms with Gasteiger partial charge in [0, 0.05) is 6.54 Å². The zero-order valence-corrected chi connectivity index (χ0v) is 12.2. The molecule has 9 N–H and O–H groups in total. The monoisotopic (exact) mass is 306 g/mol. The van der Waals surface area contributed by atoms with Crippen LogP contribution in [0.15, 0.2) is 0 Å². The molecule has 0 saturated carbocycles. The van der Waals surface area contributed by atoms with Crippen molar-refractivity contribution in [3.63, 3.8) is 0 Å². The summed E-state index contributed by atoms with van der Waals surface area (Å²) in [6, 6.07) is -2.14. The Kier molecular flexibility index (Phi) is 13.4. The molecule has 0 aliphatic heterocycles. The number of unbranched alkanes of at least 4 members (excludes halogenated alkanes) is 1. The highest BCUT2D eigenvalue weighted by atomic mass is 16.4. The van der Waals surface area contributed by atoms with Crippen LogP contribution in [-0.4, -0.2) is 46.8 Å². The Morgan fingerprint density at radius 1 is 1.00 bits per heavy atom. The number of hydrogen-bond donors (Lipinski definition) is 6. The summed E-state index contributed by atoms with van der Waals surface area (Å²) < 4.78 is 0. The fraction of sp³-hybridized carbons (Fsp3) is 0.750. The molecule has 0 fully saturated rings. The number of primary amides is 1. The molecule has 0 rings (SSSR count). The van der Waals surface area contributed by atoms with Gasteiger partial charge in [-0.05, 0) is 19.3 Å². The predicted molar refractivity (Wildman–Crippen MR) is 77.6 cm³/mol. The van der Waals surface area contributed by atoms with Crippen molar-refractivity contribution in [2.75, 3.05) is 6.54 Å². The topological polar surface area (TPSA) is 182 Å². The number of carboxylic acid groups (broad SMARTS) is 2. The van der Waals surface area contributed by atoms with E-state index in [2.05, 4.69) is 5.32 Å². The molecule has 0 spiro atoms. The third kappa shape index (κ3) is 16.1. The van der Waals surface area contributed by atoms with Crippen LogP contribution in [0.2, 0.25) is 0 Å². The molecule has 0 heterocycles. The summed E-state index contributed by atoms with van der Waals surface area (Å²) in [5, 5.41) is 19.0. The Labute approximate surface area is 123 Å². The molecule has 0 bridgehead atoms. The minimum absolute atomic E-state index is 0.329. The third-order valence-corrected chi connectivity index (χ3v) is 2.49. The fourth-order valence-electron chi connectivity index (χ4n) is 1.20. The van der Waals surface area contributed by atoms with Gasteiger partial charge in [0.2, 0.25) is 0 Å². The molecule has 0 radical (unpaired) electrons. The quantitative estimate of drug-likeness (QED) is 0.308. The molecule has 9 heteroatoms. The number of nitrogens with one attached hydrogen (secondary N) is 1. The van der Waals surface area contributed by atoms with Crippen molar-refractivity contribution >= 4 is 18.0 Å². The molecule has 9 nitrogen and oxygen atoms in total. The number of carbonyl (C=O) groups excluding carboxylic acids is 1. The second-order valence-electron chi connectivity index (χ2n) is 4.46. The van der Waals surface area contributed by atoms with Gasteiger partial charge in [0.15, 0.2) is 0 Å². The molecule has 0 aromatic heterocycles. The second-order valence-corrected chi connectivity index (χ2v) is 4.46. The first kappa shape index (κ1) is 21.4. The minimum atomic E-state index is -1.03. The number of nitrogens with two attached hydrogens (primary N) is 3. The van der Waals surface area contributed by atoms with Gasteiger partial charge in [-0.1, -0.05) is 19.8 Å². The largest absolute Gasteiger partial charge is 0.480 e. The van der Waals surface area contributed by atoms with E-state index in [1.807, 2.05) is 6.92 Å². The smallest absolute Gasteiger partial charge is 0.320 e. The van der Waals surface area contributed by atoms with Gasteiger partial charge in [-0.25, -0.2) is 4.79 Å². The highest BCUT2D eigenvalue weighted by Crippen LogP contribution is 1.97. The molecule has 0 saturated heterocycles. The van der Waals surface area contributed by atoms with Crippen LogP contribution >= 0.6 is 0 Å². The summed E-state index contributed by atoms with van der Waals surface area (Å²) in [6.45, 7) is 2.37. The summed E-state index contributed by atoms with van der Waals surface area (Å²) in [5.41, 5.74) is 15.2. The summed E-state index contributed by atoms with van der Waals surface area (Å²) in [4.78, 5) is 30.4. The number of aliphatic carboxylic acids is 2. The predicted octanol–water partition coefficient (Wildman–Crippen LogP) is -0.565. The summed E-state index contributed by atoms with van der Waals surface area (Å²) in [7, 11) is 0. The van der Waals surface area contributed by atoms with E-state index in [1.54, 1.807) is 0 Å². The van der Waals surface area contributed by atoms with Gasteiger partial charge >= 0.3 is 18.0 Å². The molecule has 2 unspecified atom stereocenters. The Bertz CT molecular complexity index is 325. The van der Waals surface area contributed by atoms with Gasteiger partial charge in [0.05, 0.1) is 0 Å². The Morgan fingerprint density at radius 3 is 1.76 bits per heavy atom. The van der Waals surface area contributed by atoms with E-state index in [1.165, 1.54) is 0 Å². The second kappa shape index (κ2) is 13.1. The highest BCUT2D eigenvalue weighted by Gasteiger charge is 2.10. The molecule has 2 amide bonds. The maximum Gasteiger partial charge on any atom is 0.320 e. The molecule has 0 aromatic carbocycles. The lowest BCUT2D eigenvalue weighted by molar-refractivity contribution is -0.139. The van der Waals surface area contributed by atoms with E-state index < -0.39 is 30.1 Å². The van der Waals surface area contributed by atoms with Crippen molar-refractivity contribution in [1.29, 1.82) is 0 Å². The average molecular weight is 306 g/mol. The molecule has 21 heavy (non-hydrogen) atoms. The third-order valence-electron chi connectivity index (χ3n) is 2.49. The van der Waals surface area contributed by atoms with Crippen LogP contribution in [0.5, 0.6) is 0 Å². The molecular formula is C12H26N4O5. The maximum atomic E-state index is 10.2. The van der Waals surface area contributed by atoms with E-state index in [-0.39, 0.29) is 0 Å². The number of hydrogen-bond acceptors (Lipinski definition) is 5.